The predicted molar refractivity (Wildman–Crippen MR) is 92.0 cm³/mol. The molecular weight excluding hydrogens is 308 g/mol. The molecule has 1 aliphatic heterocycles. The van der Waals surface area contributed by atoms with Crippen molar-refractivity contribution in [3.63, 3.8) is 0 Å². The average Bonchev–Trinajstić information content (AvgIpc) is 2.61. The van der Waals surface area contributed by atoms with Crippen LogP contribution in [-0.2, 0) is 4.79 Å². The number of amides is 3. The molecule has 1 fully saturated rings. The molecule has 0 aliphatic carbocycles. The van der Waals surface area contributed by atoms with Crippen LogP contribution in [0.25, 0.3) is 0 Å². The van der Waals surface area contributed by atoms with Gasteiger partial charge in [0.2, 0.25) is 5.91 Å². The molecule has 2 N–H and O–H groups in total. The number of ether oxygens (including phenoxy) is 1. The summed E-state index contributed by atoms with van der Waals surface area (Å²) in [7, 11) is 3.16. The second-order valence-electron chi connectivity index (χ2n) is 5.89. The largest absolute Gasteiger partial charge is 0.497 e. The van der Waals surface area contributed by atoms with E-state index < -0.39 is 6.03 Å². The molecule has 0 bridgehead atoms. The van der Waals surface area contributed by atoms with Gasteiger partial charge in [0.15, 0.2) is 0 Å². The maximum atomic E-state index is 11.7. The molecule has 0 unspecified atom stereocenters. The summed E-state index contributed by atoms with van der Waals surface area (Å²) in [6.07, 6.45) is 0. The SMILES string of the molecule is CNC(=O)NC(=O)CN1CCN([C@H](C)c2cccc(OC)c2)CC1. The van der Waals surface area contributed by atoms with Gasteiger partial charge in [0.05, 0.1) is 13.7 Å². The molecule has 1 aliphatic rings. The summed E-state index contributed by atoms with van der Waals surface area (Å²) in [6, 6.07) is 7.94. The molecule has 24 heavy (non-hydrogen) atoms. The number of rotatable bonds is 5. The second-order valence-corrected chi connectivity index (χ2v) is 5.89. The third kappa shape index (κ3) is 4.94. The molecule has 0 spiro atoms. The van der Waals surface area contributed by atoms with Crippen LogP contribution in [0.1, 0.15) is 18.5 Å². The summed E-state index contributed by atoms with van der Waals surface area (Å²) in [6.45, 7) is 5.79. The van der Waals surface area contributed by atoms with Crippen LogP contribution in [0, 0.1) is 0 Å². The Morgan fingerprint density at radius 3 is 2.58 bits per heavy atom. The van der Waals surface area contributed by atoms with Crippen LogP contribution in [-0.4, -0.2) is 68.6 Å². The summed E-state index contributed by atoms with van der Waals surface area (Å²) in [5, 5.41) is 4.67. The van der Waals surface area contributed by atoms with Crippen molar-refractivity contribution in [1.29, 1.82) is 0 Å². The molecule has 0 aromatic heterocycles. The summed E-state index contributed by atoms with van der Waals surface area (Å²) < 4.78 is 5.29. The van der Waals surface area contributed by atoms with Gasteiger partial charge in [-0.3, -0.25) is 19.9 Å². The van der Waals surface area contributed by atoms with Crippen LogP contribution in [0.15, 0.2) is 24.3 Å². The van der Waals surface area contributed by atoms with Gasteiger partial charge in [0.25, 0.3) is 0 Å². The summed E-state index contributed by atoms with van der Waals surface area (Å²) in [5.41, 5.74) is 1.22. The molecule has 132 valence electrons. The fourth-order valence-corrected chi connectivity index (χ4v) is 2.85. The highest BCUT2D eigenvalue weighted by Crippen LogP contribution is 2.24. The van der Waals surface area contributed by atoms with Crippen LogP contribution in [0.5, 0.6) is 5.75 Å². The lowest BCUT2D eigenvalue weighted by molar-refractivity contribution is -0.121. The van der Waals surface area contributed by atoms with Gasteiger partial charge in [-0.2, -0.15) is 0 Å². The lowest BCUT2D eigenvalue weighted by Gasteiger charge is -2.38. The summed E-state index contributed by atoms with van der Waals surface area (Å²) in [4.78, 5) is 27.3. The Hall–Kier alpha value is -2.12. The number of nitrogens with one attached hydrogen (secondary N) is 2. The van der Waals surface area contributed by atoms with Gasteiger partial charge in [0, 0.05) is 39.3 Å². The monoisotopic (exact) mass is 334 g/mol. The Morgan fingerprint density at radius 1 is 1.25 bits per heavy atom. The molecule has 0 saturated carbocycles. The zero-order valence-electron chi connectivity index (χ0n) is 14.5. The lowest BCUT2D eigenvalue weighted by Crippen LogP contribution is -2.51. The van der Waals surface area contributed by atoms with Crippen molar-refractivity contribution < 1.29 is 14.3 Å². The maximum absolute atomic E-state index is 11.7. The minimum absolute atomic E-state index is 0.245. The number of carbonyl (C=O) groups is 2. The Morgan fingerprint density at radius 2 is 1.96 bits per heavy atom. The van der Waals surface area contributed by atoms with Crippen molar-refractivity contribution in [2.75, 3.05) is 46.9 Å². The van der Waals surface area contributed by atoms with Crippen LogP contribution in [0.4, 0.5) is 4.79 Å². The van der Waals surface area contributed by atoms with Gasteiger partial charge in [-0.25, -0.2) is 4.79 Å². The van der Waals surface area contributed by atoms with Crippen molar-refractivity contribution in [2.24, 2.45) is 0 Å². The van der Waals surface area contributed by atoms with E-state index in [1.807, 2.05) is 12.1 Å². The van der Waals surface area contributed by atoms with Crippen LogP contribution in [0.3, 0.4) is 0 Å². The summed E-state index contributed by atoms with van der Waals surface area (Å²) in [5.74, 6) is 0.590. The second kappa shape index (κ2) is 8.65. The zero-order chi connectivity index (χ0) is 17.5. The standard InChI is InChI=1S/C17H26N4O3/c1-13(14-5-4-6-15(11-14)24-3)21-9-7-20(8-10-21)12-16(22)19-17(23)18-2/h4-6,11,13H,7-10,12H2,1-3H3,(H2,18,19,22,23)/t13-/m1/s1. The number of benzene rings is 1. The topological polar surface area (TPSA) is 73.9 Å². The number of carbonyl (C=O) groups excluding carboxylic acids is 2. The number of nitrogens with zero attached hydrogens (tertiary/aromatic N) is 2. The molecule has 7 nitrogen and oxygen atoms in total. The van der Waals surface area contributed by atoms with Gasteiger partial charge in [-0.1, -0.05) is 12.1 Å². The highest BCUT2D eigenvalue weighted by atomic mass is 16.5. The van der Waals surface area contributed by atoms with Crippen LogP contribution in [0.2, 0.25) is 0 Å². The maximum Gasteiger partial charge on any atom is 0.321 e. The van der Waals surface area contributed by atoms with Gasteiger partial charge in [-0.15, -0.1) is 0 Å². The predicted octanol–water partition coefficient (Wildman–Crippen LogP) is 0.829. The minimum Gasteiger partial charge on any atom is -0.497 e. The number of hydrogen-bond donors (Lipinski definition) is 2. The minimum atomic E-state index is -0.467. The van der Waals surface area contributed by atoms with Crippen LogP contribution >= 0.6 is 0 Å². The Kier molecular flexibility index (Phi) is 6.57. The first-order valence-corrected chi connectivity index (χ1v) is 8.15. The number of piperazine rings is 1. The van der Waals surface area contributed by atoms with Gasteiger partial charge in [0.1, 0.15) is 5.75 Å². The van der Waals surface area contributed by atoms with Gasteiger partial charge in [-0.05, 0) is 24.6 Å². The molecular formula is C17H26N4O3. The molecule has 2 rings (SSSR count). The van der Waals surface area contributed by atoms with E-state index in [1.54, 1.807) is 7.11 Å². The van der Waals surface area contributed by atoms with E-state index in [4.69, 9.17) is 4.74 Å². The van der Waals surface area contributed by atoms with E-state index in [-0.39, 0.29) is 12.5 Å². The number of hydrogen-bond acceptors (Lipinski definition) is 5. The zero-order valence-corrected chi connectivity index (χ0v) is 14.5. The van der Waals surface area contributed by atoms with Crippen molar-refractivity contribution in [3.05, 3.63) is 29.8 Å². The van der Waals surface area contributed by atoms with E-state index in [2.05, 4.69) is 39.5 Å². The highest BCUT2D eigenvalue weighted by molar-refractivity contribution is 5.95. The van der Waals surface area contributed by atoms with E-state index in [1.165, 1.54) is 12.6 Å². The van der Waals surface area contributed by atoms with Crippen molar-refractivity contribution in [2.45, 2.75) is 13.0 Å². The molecule has 1 atom stereocenters. The van der Waals surface area contributed by atoms with Crippen LogP contribution < -0.4 is 15.4 Å². The van der Waals surface area contributed by atoms with E-state index in [9.17, 15) is 9.59 Å². The molecule has 1 aromatic rings. The third-order valence-electron chi connectivity index (χ3n) is 4.38. The van der Waals surface area contributed by atoms with E-state index in [0.717, 1.165) is 31.9 Å². The lowest BCUT2D eigenvalue weighted by atomic mass is 10.1. The van der Waals surface area contributed by atoms with Crippen molar-refractivity contribution in [3.8, 4) is 5.75 Å². The smallest absolute Gasteiger partial charge is 0.321 e. The fraction of sp³-hybridized carbons (Fsp3) is 0.529. The first kappa shape index (κ1) is 18.2. The Labute approximate surface area is 142 Å². The average molecular weight is 334 g/mol. The number of urea groups is 1. The Bertz CT molecular complexity index is 571. The molecule has 1 saturated heterocycles. The quantitative estimate of drug-likeness (QED) is 0.834. The summed E-state index contributed by atoms with van der Waals surface area (Å²) >= 11 is 0. The molecule has 1 aromatic carbocycles. The molecule has 1 heterocycles. The highest BCUT2D eigenvalue weighted by Gasteiger charge is 2.23. The van der Waals surface area contributed by atoms with Crippen molar-refractivity contribution >= 4 is 11.9 Å². The first-order valence-electron chi connectivity index (χ1n) is 8.15. The number of methoxy groups -OCH3 is 1. The molecule has 3 amide bonds. The normalized spacial score (nSPS) is 17.1. The van der Waals surface area contributed by atoms with E-state index in [0.29, 0.717) is 6.04 Å². The molecule has 0 radical (unpaired) electrons. The third-order valence-corrected chi connectivity index (χ3v) is 4.38. The molecule has 7 heteroatoms. The van der Waals surface area contributed by atoms with E-state index >= 15 is 0 Å². The number of imide groups is 1. The van der Waals surface area contributed by atoms with Gasteiger partial charge >= 0.3 is 6.03 Å². The first-order chi connectivity index (χ1) is 11.5. The van der Waals surface area contributed by atoms with Gasteiger partial charge < -0.3 is 10.1 Å². The Balaban J connectivity index is 1.83. The fourth-order valence-electron chi connectivity index (χ4n) is 2.85. The van der Waals surface area contributed by atoms with Crippen molar-refractivity contribution in [1.82, 2.24) is 20.4 Å².